The van der Waals surface area contributed by atoms with Crippen LogP contribution in [0.25, 0.3) is 0 Å². The van der Waals surface area contributed by atoms with Gasteiger partial charge in [-0.25, -0.2) is 0 Å². The number of hydrogen-bond donors (Lipinski definition) is 1. The highest BCUT2D eigenvalue weighted by molar-refractivity contribution is 5.09. The Kier molecular flexibility index (Phi) is 10.4. The van der Waals surface area contributed by atoms with Crippen molar-refractivity contribution in [2.24, 2.45) is 0 Å². The third-order valence-electron chi connectivity index (χ3n) is 3.84. The first-order valence-electron chi connectivity index (χ1n) is 8.72. The molecular formula is C18H34N2. The third-order valence-corrected chi connectivity index (χ3v) is 3.84. The first-order valence-corrected chi connectivity index (χ1v) is 8.72. The van der Waals surface area contributed by atoms with Crippen molar-refractivity contribution in [1.82, 2.24) is 9.88 Å². The highest BCUT2D eigenvalue weighted by atomic mass is 14.9. The Labute approximate surface area is 126 Å². The molecule has 0 saturated heterocycles. The van der Waals surface area contributed by atoms with Crippen molar-refractivity contribution >= 4 is 0 Å². The van der Waals surface area contributed by atoms with E-state index in [0.717, 1.165) is 13.1 Å². The Hall–Kier alpha value is -0.760. The van der Waals surface area contributed by atoms with Crippen molar-refractivity contribution < 1.29 is 0 Å². The molecule has 0 atom stereocenters. The van der Waals surface area contributed by atoms with Crippen molar-refractivity contribution in [2.45, 2.75) is 84.7 Å². The molecule has 1 aromatic rings. The fourth-order valence-corrected chi connectivity index (χ4v) is 2.57. The lowest BCUT2D eigenvalue weighted by molar-refractivity contribution is 0.544. The minimum atomic E-state index is 1.01. The first kappa shape index (κ1) is 17.3. The monoisotopic (exact) mass is 278 g/mol. The smallest absolute Gasteiger partial charge is 0.0220 e. The minimum Gasteiger partial charge on any atom is -0.354 e. The molecule has 0 aromatic carbocycles. The summed E-state index contributed by atoms with van der Waals surface area (Å²) in [5.74, 6) is 0. The standard InChI is InChI=1S/C18H34N2/c1-3-5-6-7-8-9-10-11-14-20-15-12-18(17-20)16-19-13-4-2/h12,15,17,19H,3-11,13-14,16H2,1-2H3. The Morgan fingerprint density at radius 2 is 1.60 bits per heavy atom. The van der Waals surface area contributed by atoms with Gasteiger partial charge in [0.1, 0.15) is 0 Å². The summed E-state index contributed by atoms with van der Waals surface area (Å²) in [6.45, 7) is 7.80. The molecule has 0 saturated carbocycles. The molecule has 0 aliphatic heterocycles. The zero-order valence-corrected chi connectivity index (χ0v) is 13.7. The van der Waals surface area contributed by atoms with Crippen LogP contribution < -0.4 is 5.32 Å². The molecule has 1 aromatic heterocycles. The molecule has 0 aliphatic carbocycles. The maximum absolute atomic E-state index is 3.45. The number of aromatic nitrogens is 1. The number of nitrogens with zero attached hydrogens (tertiary/aromatic N) is 1. The largest absolute Gasteiger partial charge is 0.354 e. The maximum atomic E-state index is 3.45. The van der Waals surface area contributed by atoms with Crippen LogP contribution in [-0.2, 0) is 13.1 Å². The van der Waals surface area contributed by atoms with Crippen LogP contribution in [0.4, 0.5) is 0 Å². The lowest BCUT2D eigenvalue weighted by Gasteiger charge is -2.04. The molecule has 1 N–H and O–H groups in total. The number of rotatable bonds is 13. The molecule has 0 bridgehead atoms. The van der Waals surface area contributed by atoms with Gasteiger partial charge in [-0.05, 0) is 31.0 Å². The van der Waals surface area contributed by atoms with Crippen molar-refractivity contribution in [3.63, 3.8) is 0 Å². The normalized spacial score (nSPS) is 11.1. The van der Waals surface area contributed by atoms with E-state index in [0.29, 0.717) is 0 Å². The van der Waals surface area contributed by atoms with Gasteiger partial charge >= 0.3 is 0 Å². The summed E-state index contributed by atoms with van der Waals surface area (Å²) in [6.07, 6.45) is 16.9. The SMILES string of the molecule is CCCCCCCCCCn1ccc(CNCCC)c1. The third kappa shape index (κ3) is 8.42. The number of nitrogens with one attached hydrogen (secondary N) is 1. The second-order valence-electron chi connectivity index (χ2n) is 5.91. The summed E-state index contributed by atoms with van der Waals surface area (Å²) >= 11 is 0. The van der Waals surface area contributed by atoms with Crippen molar-refractivity contribution in [3.05, 3.63) is 24.0 Å². The van der Waals surface area contributed by atoms with E-state index in [9.17, 15) is 0 Å². The number of hydrogen-bond acceptors (Lipinski definition) is 1. The lowest BCUT2D eigenvalue weighted by atomic mass is 10.1. The summed E-state index contributed by atoms with van der Waals surface area (Å²) in [4.78, 5) is 0. The molecule has 0 radical (unpaired) electrons. The van der Waals surface area contributed by atoms with Crippen molar-refractivity contribution in [1.29, 1.82) is 0 Å². The van der Waals surface area contributed by atoms with E-state index >= 15 is 0 Å². The second kappa shape index (κ2) is 12.0. The Balaban J connectivity index is 1.99. The van der Waals surface area contributed by atoms with E-state index in [1.807, 2.05) is 0 Å². The van der Waals surface area contributed by atoms with Crippen LogP contribution in [0.5, 0.6) is 0 Å². The maximum Gasteiger partial charge on any atom is 0.0220 e. The zero-order chi connectivity index (χ0) is 14.5. The van der Waals surface area contributed by atoms with Crippen LogP contribution in [0.15, 0.2) is 18.5 Å². The Bertz CT molecular complexity index is 317. The predicted molar refractivity (Wildman–Crippen MR) is 89.0 cm³/mol. The van der Waals surface area contributed by atoms with Gasteiger partial charge in [0.15, 0.2) is 0 Å². The number of aryl methyl sites for hydroxylation is 1. The molecule has 2 nitrogen and oxygen atoms in total. The zero-order valence-electron chi connectivity index (χ0n) is 13.7. The van der Waals surface area contributed by atoms with Crippen LogP contribution in [0.3, 0.4) is 0 Å². The van der Waals surface area contributed by atoms with Crippen molar-refractivity contribution in [3.8, 4) is 0 Å². The molecule has 20 heavy (non-hydrogen) atoms. The molecule has 0 amide bonds. The van der Waals surface area contributed by atoms with Crippen LogP contribution in [0.2, 0.25) is 0 Å². The Morgan fingerprint density at radius 3 is 2.30 bits per heavy atom. The van der Waals surface area contributed by atoms with Gasteiger partial charge in [0.2, 0.25) is 0 Å². The van der Waals surface area contributed by atoms with Gasteiger partial charge in [0.05, 0.1) is 0 Å². The molecule has 0 spiro atoms. The number of unbranched alkanes of at least 4 members (excludes halogenated alkanes) is 7. The van der Waals surface area contributed by atoms with Gasteiger partial charge in [0.25, 0.3) is 0 Å². The van der Waals surface area contributed by atoms with E-state index in [2.05, 4.69) is 42.2 Å². The molecule has 2 heteroatoms. The van der Waals surface area contributed by atoms with E-state index in [-0.39, 0.29) is 0 Å². The molecule has 0 unspecified atom stereocenters. The van der Waals surface area contributed by atoms with Crippen LogP contribution >= 0.6 is 0 Å². The van der Waals surface area contributed by atoms with Crippen LogP contribution in [-0.4, -0.2) is 11.1 Å². The predicted octanol–water partition coefficient (Wildman–Crippen LogP) is 5.13. The summed E-state index contributed by atoms with van der Waals surface area (Å²) in [5.41, 5.74) is 1.41. The summed E-state index contributed by atoms with van der Waals surface area (Å²) in [7, 11) is 0. The van der Waals surface area contributed by atoms with Gasteiger partial charge in [-0.15, -0.1) is 0 Å². The molecule has 0 aliphatic rings. The molecule has 1 rings (SSSR count). The van der Waals surface area contributed by atoms with E-state index in [1.165, 1.54) is 69.9 Å². The summed E-state index contributed by atoms with van der Waals surface area (Å²) in [6, 6.07) is 2.24. The molecule has 0 fully saturated rings. The first-order chi connectivity index (χ1) is 9.86. The van der Waals surface area contributed by atoms with Gasteiger partial charge in [-0.2, -0.15) is 0 Å². The van der Waals surface area contributed by atoms with Gasteiger partial charge < -0.3 is 9.88 Å². The van der Waals surface area contributed by atoms with Gasteiger partial charge in [-0.3, -0.25) is 0 Å². The molecular weight excluding hydrogens is 244 g/mol. The topological polar surface area (TPSA) is 17.0 Å². The van der Waals surface area contributed by atoms with Gasteiger partial charge in [-0.1, -0.05) is 58.8 Å². The van der Waals surface area contributed by atoms with Crippen LogP contribution in [0.1, 0.15) is 77.2 Å². The quantitative estimate of drug-likeness (QED) is 0.495. The lowest BCUT2D eigenvalue weighted by Crippen LogP contribution is -2.13. The van der Waals surface area contributed by atoms with E-state index in [1.54, 1.807) is 0 Å². The fraction of sp³-hybridized carbons (Fsp3) is 0.778. The second-order valence-corrected chi connectivity index (χ2v) is 5.91. The molecule has 1 heterocycles. The fourth-order valence-electron chi connectivity index (χ4n) is 2.57. The Morgan fingerprint density at radius 1 is 0.900 bits per heavy atom. The highest BCUT2D eigenvalue weighted by Gasteiger charge is 1.97. The molecule has 116 valence electrons. The van der Waals surface area contributed by atoms with E-state index in [4.69, 9.17) is 0 Å². The van der Waals surface area contributed by atoms with Gasteiger partial charge in [0, 0.05) is 25.5 Å². The summed E-state index contributed by atoms with van der Waals surface area (Å²) in [5, 5.41) is 3.45. The minimum absolute atomic E-state index is 1.01. The summed E-state index contributed by atoms with van der Waals surface area (Å²) < 4.78 is 2.35. The van der Waals surface area contributed by atoms with E-state index < -0.39 is 0 Å². The average Bonchev–Trinajstić information content (AvgIpc) is 2.90. The average molecular weight is 278 g/mol. The van der Waals surface area contributed by atoms with Crippen molar-refractivity contribution in [2.75, 3.05) is 6.54 Å². The highest BCUT2D eigenvalue weighted by Crippen LogP contribution is 2.10. The van der Waals surface area contributed by atoms with Crippen LogP contribution in [0, 0.1) is 0 Å².